The van der Waals surface area contributed by atoms with E-state index >= 15 is 0 Å². The Morgan fingerprint density at radius 1 is 0.448 bits per heavy atom. The topological polar surface area (TPSA) is 95.9 Å². The summed E-state index contributed by atoms with van der Waals surface area (Å²) >= 11 is 0. The highest BCUT2D eigenvalue weighted by Gasteiger charge is 2.24. The van der Waals surface area contributed by atoms with Crippen molar-refractivity contribution >= 4 is 11.9 Å². The molecule has 3 atom stereocenters. The molecule has 0 saturated heterocycles. The quantitative estimate of drug-likeness (QED) is 0.0244. The second-order valence-electron chi connectivity index (χ2n) is 20.1. The maximum absolute atomic E-state index is 13.3. The number of carbonyl (C=O) groups is 2. The van der Waals surface area contributed by atoms with Crippen molar-refractivity contribution in [3.63, 3.8) is 0 Å². The van der Waals surface area contributed by atoms with Gasteiger partial charge in [0.25, 0.3) is 0 Å². The largest absolute Gasteiger partial charge is 0.462 e. The maximum atomic E-state index is 13.3. The van der Waals surface area contributed by atoms with Crippen molar-refractivity contribution in [3.8, 4) is 0 Å². The normalized spacial score (nSPS) is 13.4. The van der Waals surface area contributed by atoms with Gasteiger partial charge in [0.1, 0.15) is 6.10 Å². The monoisotopic (exact) mass is 940 g/mol. The predicted octanol–water partition coefficient (Wildman–Crippen LogP) is 18.2. The Kier molecular flexibility index (Phi) is 53.0. The van der Waals surface area contributed by atoms with Crippen molar-refractivity contribution in [2.45, 2.75) is 322 Å². The summed E-state index contributed by atoms with van der Waals surface area (Å²) in [5.74, 6) is -0.493. The Morgan fingerprint density at radius 2 is 0.806 bits per heavy atom. The van der Waals surface area contributed by atoms with E-state index in [2.05, 4.69) is 74.7 Å². The molecular formula is C61H113NO5. The first-order valence-corrected chi connectivity index (χ1v) is 29.4. The van der Waals surface area contributed by atoms with Crippen molar-refractivity contribution < 1.29 is 24.5 Å². The predicted molar refractivity (Wildman–Crippen MR) is 292 cm³/mol. The van der Waals surface area contributed by atoms with Gasteiger partial charge in [-0.05, 0) is 83.5 Å². The van der Waals surface area contributed by atoms with E-state index in [1.165, 1.54) is 180 Å². The highest BCUT2D eigenvalue weighted by molar-refractivity contribution is 5.77. The number of hydrogen-bond acceptors (Lipinski definition) is 5. The first-order chi connectivity index (χ1) is 33.0. The van der Waals surface area contributed by atoms with Crippen LogP contribution in [0, 0.1) is 0 Å². The fraction of sp³-hybridized carbons (Fsp3) is 0.836. The maximum Gasteiger partial charge on any atom is 0.306 e. The summed E-state index contributed by atoms with van der Waals surface area (Å²) < 4.78 is 5.96. The van der Waals surface area contributed by atoms with E-state index in [-0.39, 0.29) is 24.9 Å². The van der Waals surface area contributed by atoms with Crippen LogP contribution in [0.2, 0.25) is 0 Å². The number of aliphatic hydroxyl groups is 2. The minimum absolute atomic E-state index is 0.0595. The van der Waals surface area contributed by atoms with Crippen LogP contribution in [0.5, 0.6) is 0 Å². The van der Waals surface area contributed by atoms with Gasteiger partial charge in [-0.1, -0.05) is 256 Å². The zero-order valence-electron chi connectivity index (χ0n) is 44.8. The van der Waals surface area contributed by atoms with Crippen LogP contribution in [0.1, 0.15) is 303 Å². The summed E-state index contributed by atoms with van der Waals surface area (Å²) in [7, 11) is 0. The first kappa shape index (κ1) is 64.8. The van der Waals surface area contributed by atoms with E-state index in [1.807, 2.05) is 0 Å². The number of allylic oxidation sites excluding steroid dienone is 8. The van der Waals surface area contributed by atoms with Crippen LogP contribution < -0.4 is 5.32 Å². The van der Waals surface area contributed by atoms with Crippen LogP contribution in [-0.2, 0) is 14.3 Å². The van der Waals surface area contributed by atoms with Gasteiger partial charge >= 0.3 is 5.97 Å². The third-order valence-electron chi connectivity index (χ3n) is 13.4. The molecule has 0 fully saturated rings. The van der Waals surface area contributed by atoms with Crippen molar-refractivity contribution in [1.82, 2.24) is 5.32 Å². The zero-order chi connectivity index (χ0) is 48.8. The third kappa shape index (κ3) is 50.0. The van der Waals surface area contributed by atoms with Crippen LogP contribution in [0.25, 0.3) is 0 Å². The lowest BCUT2D eigenvalue weighted by molar-refractivity contribution is -0.151. The van der Waals surface area contributed by atoms with Gasteiger partial charge in [0, 0.05) is 6.42 Å². The molecule has 0 aliphatic carbocycles. The molecule has 6 heteroatoms. The molecule has 0 aliphatic heterocycles. The van der Waals surface area contributed by atoms with Crippen LogP contribution in [0.3, 0.4) is 0 Å². The molecule has 0 saturated carbocycles. The minimum atomic E-state index is -0.796. The fourth-order valence-corrected chi connectivity index (χ4v) is 8.92. The minimum Gasteiger partial charge on any atom is -0.462 e. The Balaban J connectivity index is 4.58. The molecule has 3 unspecified atom stereocenters. The van der Waals surface area contributed by atoms with Gasteiger partial charge in [-0.2, -0.15) is 0 Å². The van der Waals surface area contributed by atoms with E-state index in [9.17, 15) is 19.8 Å². The first-order valence-electron chi connectivity index (χ1n) is 29.4. The molecule has 0 heterocycles. The second kappa shape index (κ2) is 54.8. The average molecular weight is 941 g/mol. The highest BCUT2D eigenvalue weighted by atomic mass is 16.5. The number of ether oxygens (including phenoxy) is 1. The van der Waals surface area contributed by atoms with E-state index in [0.29, 0.717) is 19.3 Å². The molecule has 0 aromatic heterocycles. The average Bonchev–Trinajstić information content (AvgIpc) is 3.32. The molecule has 0 aromatic rings. The summed E-state index contributed by atoms with van der Waals surface area (Å²) in [6.45, 7) is 6.47. The van der Waals surface area contributed by atoms with Gasteiger partial charge in [-0.15, -0.1) is 0 Å². The van der Waals surface area contributed by atoms with Gasteiger partial charge in [-0.25, -0.2) is 0 Å². The lowest BCUT2D eigenvalue weighted by Crippen LogP contribution is -2.46. The van der Waals surface area contributed by atoms with Gasteiger partial charge in [0.05, 0.1) is 25.2 Å². The van der Waals surface area contributed by atoms with Gasteiger partial charge in [0.15, 0.2) is 0 Å². The summed E-state index contributed by atoms with van der Waals surface area (Å²) in [4.78, 5) is 26.3. The number of unbranched alkanes of at least 4 members (excludes halogenated alkanes) is 34. The van der Waals surface area contributed by atoms with Gasteiger partial charge in [-0.3, -0.25) is 9.59 Å². The van der Waals surface area contributed by atoms with E-state index < -0.39 is 18.2 Å². The van der Waals surface area contributed by atoms with Crippen molar-refractivity contribution in [2.24, 2.45) is 0 Å². The number of amides is 1. The molecule has 0 rings (SSSR count). The van der Waals surface area contributed by atoms with E-state index in [4.69, 9.17) is 4.74 Å². The fourth-order valence-electron chi connectivity index (χ4n) is 8.92. The van der Waals surface area contributed by atoms with Crippen LogP contribution in [0.15, 0.2) is 48.6 Å². The Hall–Kier alpha value is -2.18. The lowest BCUT2D eigenvalue weighted by Gasteiger charge is -2.24. The van der Waals surface area contributed by atoms with Crippen molar-refractivity contribution in [3.05, 3.63) is 48.6 Å². The standard InChI is InChI=1S/C61H113NO5/c1-4-7-10-13-16-19-22-25-27-29-30-31-33-36-39-42-45-48-51-54-61(66)67-57(52-49-46-43-40-37-35-32-28-26-23-20-17-14-11-8-5-2)55-60(65)62-58(56-63)59(64)53-50-47-44-41-38-34-24-21-18-15-12-9-6-3/h16,19,25,27-28,32,35,37,57-59,63-64H,4-15,17-18,20-24,26,29-31,33-34,36,38-56H2,1-3H3,(H,62,65)/b19-16-,27-25-,32-28+,37-35+. The SMILES string of the molecule is CCCCC/C=C\C/C=C\CCCCCCCCCCCC(=O)OC(CCCCC/C=C/C=C/CCCCCCCCC)CC(=O)NC(CO)C(O)CCCCCCCCCCCCCCC. The molecule has 0 aromatic carbocycles. The van der Waals surface area contributed by atoms with E-state index in [1.54, 1.807) is 0 Å². The van der Waals surface area contributed by atoms with Crippen LogP contribution >= 0.6 is 0 Å². The molecule has 0 bridgehead atoms. The van der Waals surface area contributed by atoms with Gasteiger partial charge in [0.2, 0.25) is 5.91 Å². The Bertz CT molecular complexity index is 1150. The molecule has 67 heavy (non-hydrogen) atoms. The number of hydrogen-bond donors (Lipinski definition) is 3. The summed E-state index contributed by atoms with van der Waals surface area (Å²) in [6, 6.07) is -0.711. The Morgan fingerprint density at radius 3 is 1.27 bits per heavy atom. The number of aliphatic hydroxyl groups excluding tert-OH is 2. The summed E-state index contributed by atoms with van der Waals surface area (Å²) in [6.07, 6.45) is 67.5. The van der Waals surface area contributed by atoms with E-state index in [0.717, 1.165) is 77.0 Å². The number of carbonyl (C=O) groups excluding carboxylic acids is 2. The van der Waals surface area contributed by atoms with Crippen LogP contribution in [-0.4, -0.2) is 46.9 Å². The zero-order valence-corrected chi connectivity index (χ0v) is 44.8. The molecule has 1 amide bonds. The smallest absolute Gasteiger partial charge is 0.306 e. The number of esters is 1. The Labute approximate surface area is 416 Å². The molecule has 392 valence electrons. The molecule has 6 nitrogen and oxygen atoms in total. The third-order valence-corrected chi connectivity index (χ3v) is 13.4. The lowest BCUT2D eigenvalue weighted by atomic mass is 10.0. The summed E-state index contributed by atoms with van der Waals surface area (Å²) in [5.41, 5.74) is 0. The molecular weight excluding hydrogens is 827 g/mol. The van der Waals surface area contributed by atoms with Crippen molar-refractivity contribution in [2.75, 3.05) is 6.61 Å². The molecule has 3 N–H and O–H groups in total. The molecule has 0 spiro atoms. The van der Waals surface area contributed by atoms with Crippen molar-refractivity contribution in [1.29, 1.82) is 0 Å². The molecule has 0 aliphatic rings. The summed E-state index contributed by atoms with van der Waals surface area (Å²) in [5, 5.41) is 23.9. The number of rotatable bonds is 53. The van der Waals surface area contributed by atoms with Crippen LogP contribution in [0.4, 0.5) is 0 Å². The highest BCUT2D eigenvalue weighted by Crippen LogP contribution is 2.18. The van der Waals surface area contributed by atoms with Gasteiger partial charge < -0.3 is 20.3 Å². The number of nitrogens with one attached hydrogen (secondary N) is 1. The molecule has 0 radical (unpaired) electrons. The second-order valence-corrected chi connectivity index (χ2v) is 20.1.